The van der Waals surface area contributed by atoms with E-state index in [-0.39, 0.29) is 47.3 Å². The summed E-state index contributed by atoms with van der Waals surface area (Å²) in [4.78, 5) is 40.1. The van der Waals surface area contributed by atoms with Crippen LogP contribution in [0.3, 0.4) is 0 Å². The quantitative estimate of drug-likeness (QED) is 0.294. The van der Waals surface area contributed by atoms with Crippen molar-refractivity contribution in [3.8, 4) is 17.2 Å². The Morgan fingerprint density at radius 2 is 1.85 bits per heavy atom. The number of aromatic hydroxyl groups is 2. The minimum atomic E-state index is -1.99. The number of Topliss-reactive ketones (excluding diaryl/α,β-unsaturated/α-hetero) is 1. The standard InChI is InChI=1S/C28H31NO10/c1-4-17(30)28(36)9-13-20(16(10-28)39-18-8-14(29)23(31)11(2)38-18)27(35)22-21(25(13)33)24(32)12-6-5-7-15(37-3)19(12)26(22)34/h5-7,11,14,16,18,23,31,33,35-36H,4,8-10,29H2,1-3H3/t11-,14-,16-,18-,23+,28+/m0/s1. The van der Waals surface area contributed by atoms with Crippen LogP contribution in [0.5, 0.6) is 17.2 Å². The molecule has 0 radical (unpaired) electrons. The molecule has 0 bridgehead atoms. The number of benzene rings is 2. The van der Waals surface area contributed by atoms with Crippen molar-refractivity contribution < 1.29 is 49.0 Å². The molecule has 0 aromatic heterocycles. The summed E-state index contributed by atoms with van der Waals surface area (Å²) in [5, 5.41) is 44.5. The van der Waals surface area contributed by atoms with Gasteiger partial charge in [-0.1, -0.05) is 19.1 Å². The van der Waals surface area contributed by atoms with E-state index in [9.17, 15) is 34.8 Å². The summed E-state index contributed by atoms with van der Waals surface area (Å²) >= 11 is 0. The van der Waals surface area contributed by atoms with Crippen molar-refractivity contribution in [3.63, 3.8) is 0 Å². The Kier molecular flexibility index (Phi) is 6.76. The number of methoxy groups -OCH3 is 1. The lowest BCUT2D eigenvalue weighted by Gasteiger charge is -2.42. The van der Waals surface area contributed by atoms with Crippen molar-refractivity contribution in [2.45, 2.75) is 75.8 Å². The molecule has 5 rings (SSSR count). The number of aliphatic hydroxyl groups is 2. The number of rotatable bonds is 5. The molecular weight excluding hydrogens is 510 g/mol. The van der Waals surface area contributed by atoms with Gasteiger partial charge in [0.1, 0.15) is 22.8 Å². The first-order chi connectivity index (χ1) is 18.4. The van der Waals surface area contributed by atoms with Gasteiger partial charge >= 0.3 is 0 Å². The molecule has 11 nitrogen and oxygen atoms in total. The Bertz CT molecular complexity index is 1380. The molecule has 6 atom stereocenters. The van der Waals surface area contributed by atoms with Crippen molar-refractivity contribution >= 4 is 17.3 Å². The lowest BCUT2D eigenvalue weighted by Crippen LogP contribution is -2.52. The molecule has 6 N–H and O–H groups in total. The van der Waals surface area contributed by atoms with E-state index in [2.05, 4.69) is 0 Å². The maximum Gasteiger partial charge on any atom is 0.202 e. The molecule has 3 aliphatic rings. The van der Waals surface area contributed by atoms with E-state index in [0.29, 0.717) is 0 Å². The van der Waals surface area contributed by atoms with Crippen LogP contribution < -0.4 is 10.5 Å². The molecule has 1 aliphatic heterocycles. The molecular formula is C28H31NO10. The second-order valence-corrected chi connectivity index (χ2v) is 10.4. The van der Waals surface area contributed by atoms with E-state index in [4.69, 9.17) is 19.9 Å². The van der Waals surface area contributed by atoms with E-state index in [0.717, 1.165) is 0 Å². The summed E-state index contributed by atoms with van der Waals surface area (Å²) in [5.74, 6) is -3.07. The minimum absolute atomic E-state index is 0.0119. The number of ether oxygens (including phenoxy) is 3. The van der Waals surface area contributed by atoms with Crippen LogP contribution >= 0.6 is 0 Å². The Morgan fingerprint density at radius 3 is 2.49 bits per heavy atom. The van der Waals surface area contributed by atoms with Gasteiger partial charge in [-0.2, -0.15) is 0 Å². The first-order valence-corrected chi connectivity index (χ1v) is 12.8. The second kappa shape index (κ2) is 9.68. The zero-order valence-corrected chi connectivity index (χ0v) is 21.8. The Hall–Kier alpha value is -3.35. The highest BCUT2D eigenvalue weighted by atomic mass is 16.7. The van der Waals surface area contributed by atoms with Gasteiger partial charge in [0.15, 0.2) is 17.9 Å². The number of nitrogens with two attached hydrogens (primary N) is 1. The molecule has 2 aliphatic carbocycles. The molecule has 1 fully saturated rings. The van der Waals surface area contributed by atoms with Crippen molar-refractivity contribution in [2.24, 2.45) is 5.73 Å². The smallest absolute Gasteiger partial charge is 0.202 e. The number of carbonyl (C=O) groups is 3. The Morgan fingerprint density at radius 1 is 1.15 bits per heavy atom. The SMILES string of the molecule is CCC(=O)[C@@]1(O)Cc2c(O)c3c(c(O)c2[C@@H](O[C@H]2C[C@H](N)[C@H](O)[C@H](C)O2)C1)C(=O)c1c(OC)cccc1C3=O. The van der Waals surface area contributed by atoms with E-state index in [1.807, 2.05) is 0 Å². The van der Waals surface area contributed by atoms with Crippen molar-refractivity contribution in [3.05, 3.63) is 51.6 Å². The van der Waals surface area contributed by atoms with Crippen LogP contribution in [0.4, 0.5) is 0 Å². The maximum atomic E-state index is 13.7. The summed E-state index contributed by atoms with van der Waals surface area (Å²) in [6.07, 6.45) is -4.53. The van der Waals surface area contributed by atoms with E-state index in [1.165, 1.54) is 25.3 Å². The van der Waals surface area contributed by atoms with Gasteiger partial charge in [0, 0.05) is 48.4 Å². The fourth-order valence-electron chi connectivity index (χ4n) is 5.93. The lowest BCUT2D eigenvalue weighted by molar-refractivity contribution is -0.247. The average molecular weight is 542 g/mol. The number of hydrogen-bond donors (Lipinski definition) is 5. The number of phenolic OH excluding ortho intramolecular Hbond substituents is 2. The molecule has 1 saturated heterocycles. The van der Waals surface area contributed by atoms with E-state index < -0.39 is 82.6 Å². The molecule has 1 heterocycles. The summed E-state index contributed by atoms with van der Waals surface area (Å²) in [7, 11) is 1.34. The van der Waals surface area contributed by atoms with Gasteiger partial charge in [-0.15, -0.1) is 0 Å². The molecule has 2 aromatic rings. The van der Waals surface area contributed by atoms with Crippen LogP contribution in [0.25, 0.3) is 0 Å². The summed E-state index contributed by atoms with van der Waals surface area (Å²) in [6.45, 7) is 3.19. The summed E-state index contributed by atoms with van der Waals surface area (Å²) < 4.78 is 17.1. The van der Waals surface area contributed by atoms with Gasteiger partial charge in [0.2, 0.25) is 5.78 Å². The molecule has 0 spiro atoms. The zero-order valence-electron chi connectivity index (χ0n) is 21.8. The minimum Gasteiger partial charge on any atom is -0.507 e. The molecule has 39 heavy (non-hydrogen) atoms. The highest BCUT2D eigenvalue weighted by Gasteiger charge is 2.49. The predicted molar refractivity (Wildman–Crippen MR) is 135 cm³/mol. The largest absolute Gasteiger partial charge is 0.507 e. The maximum absolute atomic E-state index is 13.7. The molecule has 2 aromatic carbocycles. The van der Waals surface area contributed by atoms with Crippen molar-refractivity contribution in [1.82, 2.24) is 0 Å². The third-order valence-corrected chi connectivity index (χ3v) is 7.98. The normalized spacial score (nSPS) is 29.8. The van der Waals surface area contributed by atoms with Crippen molar-refractivity contribution in [1.29, 1.82) is 0 Å². The molecule has 11 heteroatoms. The number of hydrogen-bond acceptors (Lipinski definition) is 11. The summed E-state index contributed by atoms with van der Waals surface area (Å²) in [6, 6.07) is 3.76. The van der Waals surface area contributed by atoms with Gasteiger partial charge in [-0.25, -0.2) is 0 Å². The van der Waals surface area contributed by atoms with Crippen LogP contribution in [0, 0.1) is 0 Å². The van der Waals surface area contributed by atoms with E-state index in [1.54, 1.807) is 13.8 Å². The molecule has 208 valence electrons. The Balaban J connectivity index is 1.69. The number of aliphatic hydroxyl groups excluding tert-OH is 1. The number of fused-ring (bicyclic) bond motifs is 3. The zero-order chi connectivity index (χ0) is 28.4. The third kappa shape index (κ3) is 4.12. The highest BCUT2D eigenvalue weighted by molar-refractivity contribution is 6.31. The second-order valence-electron chi connectivity index (χ2n) is 10.4. The third-order valence-electron chi connectivity index (χ3n) is 7.98. The van der Waals surface area contributed by atoms with Crippen LogP contribution in [-0.2, 0) is 20.7 Å². The molecule has 0 unspecified atom stereocenters. The number of carbonyl (C=O) groups excluding carboxylic acids is 3. The van der Waals surface area contributed by atoms with Gasteiger partial charge in [-0.05, 0) is 13.0 Å². The number of ketones is 3. The first kappa shape index (κ1) is 27.2. The lowest BCUT2D eigenvalue weighted by atomic mass is 9.71. The fourth-order valence-corrected chi connectivity index (χ4v) is 5.93. The van der Waals surface area contributed by atoms with E-state index >= 15 is 0 Å². The molecule has 0 saturated carbocycles. The van der Waals surface area contributed by atoms with Crippen LogP contribution in [-0.4, -0.2) is 75.0 Å². The van der Waals surface area contributed by atoms with Gasteiger partial charge in [0.05, 0.1) is 42.1 Å². The van der Waals surface area contributed by atoms with Crippen LogP contribution in [0.15, 0.2) is 18.2 Å². The Labute approximate surface area is 224 Å². The highest BCUT2D eigenvalue weighted by Crippen LogP contribution is 2.52. The predicted octanol–water partition coefficient (Wildman–Crippen LogP) is 1.42. The molecule has 0 amide bonds. The topological polar surface area (TPSA) is 186 Å². The van der Waals surface area contributed by atoms with Crippen LogP contribution in [0.2, 0.25) is 0 Å². The van der Waals surface area contributed by atoms with Gasteiger partial charge < -0.3 is 40.4 Å². The average Bonchev–Trinajstić information content (AvgIpc) is 2.90. The fraction of sp³-hybridized carbons (Fsp3) is 0.464. The van der Waals surface area contributed by atoms with Gasteiger partial charge in [-0.3, -0.25) is 14.4 Å². The monoisotopic (exact) mass is 541 g/mol. The summed E-state index contributed by atoms with van der Waals surface area (Å²) in [5.41, 5.74) is 3.03. The van der Waals surface area contributed by atoms with Crippen LogP contribution in [0.1, 0.15) is 82.2 Å². The number of phenols is 2. The van der Waals surface area contributed by atoms with Gasteiger partial charge in [0.25, 0.3) is 0 Å². The first-order valence-electron chi connectivity index (χ1n) is 12.8. The van der Waals surface area contributed by atoms with Crippen molar-refractivity contribution in [2.75, 3.05) is 7.11 Å².